The van der Waals surface area contributed by atoms with Gasteiger partial charge in [-0.05, 0) is 50.5 Å². The van der Waals surface area contributed by atoms with Crippen LogP contribution in [-0.4, -0.2) is 25.3 Å². The van der Waals surface area contributed by atoms with Crippen LogP contribution in [0.3, 0.4) is 0 Å². The van der Waals surface area contributed by atoms with Crippen molar-refractivity contribution in [2.24, 2.45) is 11.7 Å². The fourth-order valence-electron chi connectivity index (χ4n) is 2.70. The van der Waals surface area contributed by atoms with E-state index < -0.39 is 0 Å². The van der Waals surface area contributed by atoms with Crippen LogP contribution in [0, 0.1) is 19.8 Å². The number of benzene rings is 1. The van der Waals surface area contributed by atoms with E-state index in [2.05, 4.69) is 54.2 Å². The summed E-state index contributed by atoms with van der Waals surface area (Å²) in [6.07, 6.45) is 1.08. The molecule has 1 heterocycles. The lowest BCUT2D eigenvalue weighted by atomic mass is 9.84. The maximum Gasteiger partial charge on any atom is 0.0518 e. The number of anilines is 1. The van der Waals surface area contributed by atoms with Crippen molar-refractivity contribution in [1.82, 2.24) is 0 Å². The molecule has 2 unspecified atom stereocenters. The summed E-state index contributed by atoms with van der Waals surface area (Å²) in [4.78, 5) is 0. The predicted molar refractivity (Wildman–Crippen MR) is 83.6 cm³/mol. The van der Waals surface area contributed by atoms with Crippen LogP contribution in [0.4, 0.5) is 5.69 Å². The van der Waals surface area contributed by atoms with Crippen molar-refractivity contribution in [3.05, 3.63) is 27.7 Å². The van der Waals surface area contributed by atoms with Gasteiger partial charge in [0.05, 0.1) is 12.1 Å². The Balaban J connectivity index is 2.22. The molecule has 2 atom stereocenters. The third-order valence-electron chi connectivity index (χ3n) is 4.12. The van der Waals surface area contributed by atoms with Gasteiger partial charge in [-0.3, -0.25) is 0 Å². The molecule has 0 aliphatic carbocycles. The van der Waals surface area contributed by atoms with Crippen LogP contribution in [0.5, 0.6) is 0 Å². The van der Waals surface area contributed by atoms with Crippen LogP contribution in [0.25, 0.3) is 0 Å². The lowest BCUT2D eigenvalue weighted by molar-refractivity contribution is 0.172. The van der Waals surface area contributed by atoms with Crippen LogP contribution in [0.15, 0.2) is 16.6 Å². The Hall–Kier alpha value is -0.580. The number of nitrogens with one attached hydrogen (secondary N) is 1. The number of nitrogens with two attached hydrogens (primary N) is 1. The molecule has 1 aliphatic heterocycles. The molecule has 0 bridgehead atoms. The van der Waals surface area contributed by atoms with Gasteiger partial charge in [-0.25, -0.2) is 0 Å². The zero-order valence-electron chi connectivity index (χ0n) is 11.9. The van der Waals surface area contributed by atoms with Crippen LogP contribution in [0.1, 0.15) is 24.5 Å². The maximum absolute atomic E-state index is 6.01. The molecule has 0 radical (unpaired) electrons. The molecule has 1 aliphatic rings. The van der Waals surface area contributed by atoms with E-state index in [0.717, 1.165) is 25.3 Å². The summed E-state index contributed by atoms with van der Waals surface area (Å²) < 4.78 is 6.68. The van der Waals surface area contributed by atoms with Crippen molar-refractivity contribution >= 4 is 21.6 Å². The highest BCUT2D eigenvalue weighted by atomic mass is 79.9. The molecule has 4 heteroatoms. The maximum atomic E-state index is 6.01. The summed E-state index contributed by atoms with van der Waals surface area (Å²) in [5, 5.41) is 3.63. The van der Waals surface area contributed by atoms with Crippen molar-refractivity contribution in [3.63, 3.8) is 0 Å². The number of halogens is 1. The first kappa shape index (κ1) is 14.8. The molecule has 19 heavy (non-hydrogen) atoms. The van der Waals surface area contributed by atoms with Gasteiger partial charge in [0.15, 0.2) is 0 Å². The fraction of sp³-hybridized carbons (Fsp3) is 0.600. The lowest BCUT2D eigenvalue weighted by Crippen LogP contribution is -2.49. The summed E-state index contributed by atoms with van der Waals surface area (Å²) in [5.74, 6) is 0.474. The molecular formula is C15H23BrN2O. The molecule has 1 fully saturated rings. The van der Waals surface area contributed by atoms with Crippen LogP contribution in [-0.2, 0) is 4.74 Å². The van der Waals surface area contributed by atoms with E-state index in [9.17, 15) is 0 Å². The average molecular weight is 327 g/mol. The highest BCUT2D eigenvalue weighted by Crippen LogP contribution is 2.31. The van der Waals surface area contributed by atoms with Crippen LogP contribution >= 0.6 is 15.9 Å². The minimum Gasteiger partial charge on any atom is -0.381 e. The summed E-state index contributed by atoms with van der Waals surface area (Å²) >= 11 is 3.60. The first-order valence-electron chi connectivity index (χ1n) is 6.79. The first-order valence-corrected chi connectivity index (χ1v) is 7.58. The van der Waals surface area contributed by atoms with Gasteiger partial charge in [0.1, 0.15) is 0 Å². The monoisotopic (exact) mass is 326 g/mol. The standard InChI is InChI=1S/C15H23BrN2O/c1-10-6-13(7-11(2)14(10)16)18-15(3,9-17)12-4-5-19-8-12/h6-7,12,18H,4-5,8-9,17H2,1-3H3. The molecular weight excluding hydrogens is 304 g/mol. The van der Waals surface area contributed by atoms with Gasteiger partial charge in [0.2, 0.25) is 0 Å². The molecule has 1 aromatic carbocycles. The number of hydrogen-bond acceptors (Lipinski definition) is 3. The molecule has 106 valence electrons. The molecule has 3 N–H and O–H groups in total. The Morgan fingerprint density at radius 1 is 1.42 bits per heavy atom. The second-order valence-electron chi connectivity index (χ2n) is 5.73. The van der Waals surface area contributed by atoms with Crippen molar-refractivity contribution < 1.29 is 4.74 Å². The van der Waals surface area contributed by atoms with E-state index >= 15 is 0 Å². The zero-order valence-corrected chi connectivity index (χ0v) is 13.5. The average Bonchev–Trinajstić information content (AvgIpc) is 2.90. The van der Waals surface area contributed by atoms with Crippen LogP contribution < -0.4 is 11.1 Å². The second-order valence-corrected chi connectivity index (χ2v) is 6.52. The Kier molecular flexibility index (Phi) is 4.54. The van der Waals surface area contributed by atoms with Crippen molar-refractivity contribution in [2.45, 2.75) is 32.7 Å². The number of hydrogen-bond donors (Lipinski definition) is 2. The Bertz CT molecular complexity index is 434. The highest BCUT2D eigenvalue weighted by molar-refractivity contribution is 9.10. The van der Waals surface area contributed by atoms with E-state index in [1.165, 1.54) is 15.6 Å². The van der Waals surface area contributed by atoms with Crippen molar-refractivity contribution in [1.29, 1.82) is 0 Å². The lowest BCUT2D eigenvalue weighted by Gasteiger charge is -2.36. The third kappa shape index (κ3) is 3.12. The number of aryl methyl sites for hydroxylation is 2. The minimum absolute atomic E-state index is 0.108. The van der Waals surface area contributed by atoms with E-state index in [0.29, 0.717) is 12.5 Å². The topological polar surface area (TPSA) is 47.3 Å². The molecule has 0 aromatic heterocycles. The molecule has 2 rings (SSSR count). The van der Waals surface area contributed by atoms with Gasteiger partial charge >= 0.3 is 0 Å². The molecule has 1 saturated heterocycles. The molecule has 0 amide bonds. The largest absolute Gasteiger partial charge is 0.381 e. The van der Waals surface area contributed by atoms with Gasteiger partial charge in [-0.2, -0.15) is 0 Å². The van der Waals surface area contributed by atoms with Gasteiger partial charge in [-0.1, -0.05) is 15.9 Å². The first-order chi connectivity index (χ1) is 8.96. The normalized spacial score (nSPS) is 22.3. The van der Waals surface area contributed by atoms with Crippen LogP contribution in [0.2, 0.25) is 0 Å². The van der Waals surface area contributed by atoms with E-state index in [1.807, 2.05) is 0 Å². The highest BCUT2D eigenvalue weighted by Gasteiger charge is 2.35. The zero-order chi connectivity index (χ0) is 14.0. The van der Waals surface area contributed by atoms with E-state index in [1.54, 1.807) is 0 Å². The van der Waals surface area contributed by atoms with Crippen molar-refractivity contribution in [3.8, 4) is 0 Å². The molecule has 3 nitrogen and oxygen atoms in total. The summed E-state index contributed by atoms with van der Waals surface area (Å²) in [5.41, 5.74) is 9.52. The number of rotatable bonds is 4. The van der Waals surface area contributed by atoms with E-state index in [-0.39, 0.29) is 5.54 Å². The summed E-state index contributed by atoms with van der Waals surface area (Å²) in [6, 6.07) is 4.33. The summed E-state index contributed by atoms with van der Waals surface area (Å²) in [7, 11) is 0. The van der Waals surface area contributed by atoms with Gasteiger partial charge in [0.25, 0.3) is 0 Å². The molecule has 1 aromatic rings. The quantitative estimate of drug-likeness (QED) is 0.893. The van der Waals surface area contributed by atoms with Gasteiger partial charge in [-0.15, -0.1) is 0 Å². The summed E-state index contributed by atoms with van der Waals surface area (Å²) in [6.45, 7) is 8.67. The second kappa shape index (κ2) is 5.81. The Morgan fingerprint density at radius 2 is 2.05 bits per heavy atom. The molecule has 0 spiro atoms. The van der Waals surface area contributed by atoms with Crippen molar-refractivity contribution in [2.75, 3.05) is 25.1 Å². The Labute approximate surface area is 124 Å². The smallest absolute Gasteiger partial charge is 0.0518 e. The fourth-order valence-corrected chi connectivity index (χ4v) is 2.93. The third-order valence-corrected chi connectivity index (χ3v) is 5.37. The van der Waals surface area contributed by atoms with Gasteiger partial charge in [0, 0.05) is 29.2 Å². The molecule has 0 saturated carbocycles. The Morgan fingerprint density at radius 3 is 2.53 bits per heavy atom. The predicted octanol–water partition coefficient (Wildman–Crippen LogP) is 3.23. The van der Waals surface area contributed by atoms with Gasteiger partial charge < -0.3 is 15.8 Å². The minimum atomic E-state index is -0.108. The SMILES string of the molecule is Cc1cc(NC(C)(CN)C2CCOC2)cc(C)c1Br. The number of ether oxygens (including phenoxy) is 1. The van der Waals surface area contributed by atoms with E-state index in [4.69, 9.17) is 10.5 Å².